The summed E-state index contributed by atoms with van der Waals surface area (Å²) in [6.07, 6.45) is 4.23. The van der Waals surface area contributed by atoms with Gasteiger partial charge in [0.05, 0.1) is 11.9 Å². The third kappa shape index (κ3) is 2.38. The Hall–Kier alpha value is -1.92. The van der Waals surface area contributed by atoms with E-state index in [1.807, 2.05) is 6.07 Å². The minimum atomic E-state index is -0.117. The summed E-state index contributed by atoms with van der Waals surface area (Å²) in [6.45, 7) is 0.708. The van der Waals surface area contributed by atoms with Crippen LogP contribution >= 0.6 is 27.3 Å². The smallest absolute Gasteiger partial charge is 0.306 e. The highest BCUT2D eigenvalue weighted by molar-refractivity contribution is 9.10. The van der Waals surface area contributed by atoms with E-state index in [-0.39, 0.29) is 6.03 Å². The van der Waals surface area contributed by atoms with Gasteiger partial charge in [0.2, 0.25) is 0 Å². The molecule has 4 rings (SSSR count). The monoisotopic (exact) mass is 373 g/mol. The molecule has 0 radical (unpaired) electrons. The molecule has 2 aromatic heterocycles. The standard InChI is InChI=1S/C16H12BrN3OS/c17-12-7-13(9-18-8-12)19-16(21)20-3-1-10-6-15-11(2-4-22-15)5-14(10)20/h2,4-9H,1,3H2,(H,19,21). The fourth-order valence-electron chi connectivity index (χ4n) is 2.73. The van der Waals surface area contributed by atoms with Crippen molar-refractivity contribution in [1.29, 1.82) is 0 Å². The van der Waals surface area contributed by atoms with Gasteiger partial charge in [0, 0.05) is 27.6 Å². The quantitative estimate of drug-likeness (QED) is 0.674. The minimum Gasteiger partial charge on any atom is -0.306 e. The molecule has 3 heterocycles. The molecule has 0 unspecified atom stereocenters. The van der Waals surface area contributed by atoms with Crippen LogP contribution in [-0.4, -0.2) is 17.6 Å². The second kappa shape index (κ2) is 5.37. The number of pyridine rings is 1. The second-order valence-electron chi connectivity index (χ2n) is 5.16. The summed E-state index contributed by atoms with van der Waals surface area (Å²) in [7, 11) is 0. The van der Waals surface area contributed by atoms with Gasteiger partial charge in [0.15, 0.2) is 0 Å². The van der Waals surface area contributed by atoms with Gasteiger partial charge in [-0.15, -0.1) is 11.3 Å². The molecule has 1 N–H and O–H groups in total. The third-order valence-electron chi connectivity index (χ3n) is 3.75. The van der Waals surface area contributed by atoms with Crippen molar-refractivity contribution >= 4 is 54.8 Å². The maximum absolute atomic E-state index is 12.5. The third-order valence-corrected chi connectivity index (χ3v) is 5.06. The zero-order valence-corrected chi connectivity index (χ0v) is 13.9. The number of urea groups is 1. The zero-order chi connectivity index (χ0) is 15.1. The molecule has 1 aliphatic rings. The van der Waals surface area contributed by atoms with Crippen LogP contribution in [0.4, 0.5) is 16.2 Å². The number of nitrogens with one attached hydrogen (secondary N) is 1. The maximum Gasteiger partial charge on any atom is 0.326 e. The van der Waals surface area contributed by atoms with Crippen molar-refractivity contribution in [3.63, 3.8) is 0 Å². The van der Waals surface area contributed by atoms with Crippen molar-refractivity contribution < 1.29 is 4.79 Å². The van der Waals surface area contributed by atoms with Crippen LogP contribution in [-0.2, 0) is 6.42 Å². The van der Waals surface area contributed by atoms with Gasteiger partial charge >= 0.3 is 6.03 Å². The predicted octanol–water partition coefficient (Wildman–Crippen LogP) is 4.65. The lowest BCUT2D eigenvalue weighted by atomic mass is 10.1. The van der Waals surface area contributed by atoms with Gasteiger partial charge in [0.25, 0.3) is 0 Å². The number of rotatable bonds is 1. The van der Waals surface area contributed by atoms with E-state index >= 15 is 0 Å². The van der Waals surface area contributed by atoms with Crippen LogP contribution < -0.4 is 10.2 Å². The summed E-state index contributed by atoms with van der Waals surface area (Å²) < 4.78 is 2.12. The van der Waals surface area contributed by atoms with Crippen molar-refractivity contribution in [2.45, 2.75) is 6.42 Å². The van der Waals surface area contributed by atoms with E-state index in [2.05, 4.69) is 49.8 Å². The number of anilines is 2. The Morgan fingerprint density at radius 1 is 1.32 bits per heavy atom. The largest absolute Gasteiger partial charge is 0.326 e. The number of halogens is 1. The van der Waals surface area contributed by atoms with Crippen LogP contribution in [0, 0.1) is 0 Å². The van der Waals surface area contributed by atoms with Crippen LogP contribution in [0.5, 0.6) is 0 Å². The molecule has 4 nitrogen and oxygen atoms in total. The highest BCUT2D eigenvalue weighted by atomic mass is 79.9. The molecule has 0 bridgehead atoms. The van der Waals surface area contributed by atoms with E-state index in [9.17, 15) is 4.79 Å². The molecule has 1 aromatic carbocycles. The second-order valence-corrected chi connectivity index (χ2v) is 7.03. The number of aromatic nitrogens is 1. The molecule has 3 aromatic rings. The number of carbonyl (C=O) groups is 1. The molecule has 0 saturated heterocycles. The molecule has 0 aliphatic carbocycles. The van der Waals surface area contributed by atoms with Gasteiger partial charge in [0.1, 0.15) is 0 Å². The number of hydrogen-bond donors (Lipinski definition) is 1. The van der Waals surface area contributed by atoms with Crippen LogP contribution in [0.25, 0.3) is 10.1 Å². The number of nitrogens with zero attached hydrogens (tertiary/aromatic N) is 2. The van der Waals surface area contributed by atoms with Crippen molar-refractivity contribution in [3.8, 4) is 0 Å². The van der Waals surface area contributed by atoms with Crippen molar-refractivity contribution in [2.24, 2.45) is 0 Å². The Labute approximate surface area is 139 Å². The Bertz CT molecular complexity index is 877. The van der Waals surface area contributed by atoms with Gasteiger partial charge in [-0.25, -0.2) is 4.79 Å². The van der Waals surface area contributed by atoms with Gasteiger partial charge < -0.3 is 5.32 Å². The summed E-state index contributed by atoms with van der Waals surface area (Å²) in [6, 6.07) is 8.11. The van der Waals surface area contributed by atoms with Crippen LogP contribution in [0.3, 0.4) is 0 Å². The number of thiophene rings is 1. The molecule has 0 fully saturated rings. The fourth-order valence-corrected chi connectivity index (χ4v) is 3.93. The Morgan fingerprint density at radius 2 is 2.23 bits per heavy atom. The molecule has 0 saturated carbocycles. The molecular formula is C16H12BrN3OS. The van der Waals surface area contributed by atoms with Crippen LogP contribution in [0.15, 0.2) is 46.5 Å². The summed E-state index contributed by atoms with van der Waals surface area (Å²) in [5.74, 6) is 0. The van der Waals surface area contributed by atoms with Gasteiger partial charge in [-0.1, -0.05) is 0 Å². The van der Waals surface area contributed by atoms with Gasteiger partial charge in [-0.05, 0) is 62.9 Å². The highest BCUT2D eigenvalue weighted by Gasteiger charge is 2.25. The average molecular weight is 374 g/mol. The topological polar surface area (TPSA) is 45.2 Å². The molecule has 0 spiro atoms. The molecule has 22 heavy (non-hydrogen) atoms. The van der Waals surface area contributed by atoms with Crippen LogP contribution in [0.1, 0.15) is 5.56 Å². The van der Waals surface area contributed by atoms with E-state index in [0.717, 1.165) is 16.6 Å². The molecule has 6 heteroatoms. The highest BCUT2D eigenvalue weighted by Crippen LogP contribution is 2.34. The fraction of sp³-hybridized carbons (Fsp3) is 0.125. The lowest BCUT2D eigenvalue weighted by Gasteiger charge is -2.18. The number of benzene rings is 1. The Kier molecular flexibility index (Phi) is 3.35. The first-order valence-electron chi connectivity index (χ1n) is 6.90. The Balaban J connectivity index is 1.63. The number of carbonyl (C=O) groups excluding carboxylic acids is 1. The normalized spacial score (nSPS) is 13.4. The summed E-state index contributed by atoms with van der Waals surface area (Å²) >= 11 is 5.09. The molecule has 1 aliphatic heterocycles. The lowest BCUT2D eigenvalue weighted by molar-refractivity contribution is 0.257. The van der Waals surface area contributed by atoms with Crippen molar-refractivity contribution in [3.05, 3.63) is 52.1 Å². The minimum absolute atomic E-state index is 0.117. The van der Waals surface area contributed by atoms with Crippen molar-refractivity contribution in [1.82, 2.24) is 4.98 Å². The SMILES string of the molecule is O=C(Nc1cncc(Br)c1)N1CCc2cc3sccc3cc21. The van der Waals surface area contributed by atoms with Gasteiger partial charge in [-0.2, -0.15) is 0 Å². The average Bonchev–Trinajstić information content (AvgIpc) is 3.10. The van der Waals surface area contributed by atoms with E-state index in [0.29, 0.717) is 12.2 Å². The van der Waals surface area contributed by atoms with E-state index < -0.39 is 0 Å². The first-order valence-corrected chi connectivity index (χ1v) is 8.57. The maximum atomic E-state index is 12.5. The van der Waals surface area contributed by atoms with E-state index in [1.165, 1.54) is 15.6 Å². The van der Waals surface area contributed by atoms with E-state index in [4.69, 9.17) is 0 Å². The molecule has 2 amide bonds. The number of fused-ring (bicyclic) bond motifs is 2. The van der Waals surface area contributed by atoms with Crippen LogP contribution in [0.2, 0.25) is 0 Å². The summed E-state index contributed by atoms with van der Waals surface area (Å²) in [5.41, 5.74) is 2.92. The number of hydrogen-bond acceptors (Lipinski definition) is 3. The van der Waals surface area contributed by atoms with Crippen molar-refractivity contribution in [2.75, 3.05) is 16.8 Å². The zero-order valence-electron chi connectivity index (χ0n) is 11.5. The molecule has 0 atom stereocenters. The molecule has 110 valence electrons. The predicted molar refractivity (Wildman–Crippen MR) is 93.8 cm³/mol. The lowest BCUT2D eigenvalue weighted by Crippen LogP contribution is -2.33. The first kappa shape index (κ1) is 13.7. The van der Waals surface area contributed by atoms with Gasteiger partial charge in [-0.3, -0.25) is 9.88 Å². The summed E-state index contributed by atoms with van der Waals surface area (Å²) in [4.78, 5) is 18.4. The number of amides is 2. The van der Waals surface area contributed by atoms with E-state index in [1.54, 1.807) is 28.6 Å². The molecular weight excluding hydrogens is 362 g/mol. The first-order chi connectivity index (χ1) is 10.7. The Morgan fingerprint density at radius 3 is 3.09 bits per heavy atom. The summed E-state index contributed by atoms with van der Waals surface area (Å²) in [5, 5.41) is 6.17.